The van der Waals surface area contributed by atoms with Gasteiger partial charge in [0.15, 0.2) is 5.82 Å². The summed E-state index contributed by atoms with van der Waals surface area (Å²) in [6.45, 7) is 5.45. The zero-order chi connectivity index (χ0) is 37.1. The van der Waals surface area contributed by atoms with E-state index in [0.717, 1.165) is 28.5 Å². The van der Waals surface area contributed by atoms with E-state index in [-0.39, 0.29) is 30.0 Å². The van der Waals surface area contributed by atoms with Gasteiger partial charge in [0.05, 0.1) is 23.9 Å². The summed E-state index contributed by atoms with van der Waals surface area (Å²) in [6, 6.07) is 24.7. The number of imidazole rings is 1. The molecular weight excluding hydrogens is 662 g/mol. The van der Waals surface area contributed by atoms with Gasteiger partial charge in [-0.2, -0.15) is 0 Å². The van der Waals surface area contributed by atoms with E-state index in [2.05, 4.69) is 39.0 Å². The number of hydrogen-bond acceptors (Lipinski definition) is 8. The molecule has 2 heterocycles. The van der Waals surface area contributed by atoms with Crippen LogP contribution in [0.15, 0.2) is 91.3 Å². The maximum atomic E-state index is 11.9. The summed E-state index contributed by atoms with van der Waals surface area (Å²) >= 11 is 0. The molecule has 0 fully saturated rings. The summed E-state index contributed by atoms with van der Waals surface area (Å²) in [4.78, 5) is 44.2. The minimum Gasteiger partial charge on any atom is -0.507 e. The number of likely N-dealkylation sites (N-methyl/N-ethyl adjacent to an activating group) is 1. The minimum absolute atomic E-state index is 0.0407. The number of aromatic carboxylic acids is 2. The number of aromatic nitrogens is 3. The van der Waals surface area contributed by atoms with E-state index in [1.165, 1.54) is 12.1 Å². The Hall–Kier alpha value is -6.53. The molecule has 0 aliphatic heterocycles. The molecule has 0 radical (unpaired) electrons. The normalized spacial score (nSPS) is 11.2. The van der Waals surface area contributed by atoms with Crippen molar-refractivity contribution in [3.63, 3.8) is 0 Å². The van der Waals surface area contributed by atoms with Gasteiger partial charge in [0.25, 0.3) is 0 Å². The zero-order valence-corrected chi connectivity index (χ0v) is 28.7. The van der Waals surface area contributed by atoms with Crippen molar-refractivity contribution in [1.29, 1.82) is 0 Å². The Labute approximate surface area is 298 Å². The Morgan fingerprint density at radius 2 is 1.29 bits per heavy atom. The van der Waals surface area contributed by atoms with Crippen molar-refractivity contribution < 1.29 is 34.8 Å². The van der Waals surface area contributed by atoms with E-state index in [1.807, 2.05) is 30.6 Å². The number of carboxylic acid groups (broad SMARTS) is 2. The Bertz CT molecular complexity index is 2410. The second-order valence-corrected chi connectivity index (χ2v) is 12.8. The predicted octanol–water partition coefficient (Wildman–Crippen LogP) is 6.79. The highest BCUT2D eigenvalue weighted by Gasteiger charge is 2.23. The number of amides is 1. The fourth-order valence-electron chi connectivity index (χ4n) is 6.42. The lowest BCUT2D eigenvalue weighted by Crippen LogP contribution is -2.25. The average Bonchev–Trinajstić information content (AvgIpc) is 3.53. The molecule has 12 nitrogen and oxygen atoms in total. The molecule has 0 unspecified atom stereocenters. The number of carboxylic acids is 2. The first-order valence-electron chi connectivity index (χ1n) is 16.6. The third kappa shape index (κ3) is 6.92. The van der Waals surface area contributed by atoms with Crippen molar-refractivity contribution in [2.75, 3.05) is 18.9 Å². The van der Waals surface area contributed by atoms with Gasteiger partial charge in [-0.1, -0.05) is 80.6 Å². The van der Waals surface area contributed by atoms with Crippen LogP contribution in [0.4, 0.5) is 5.82 Å². The van der Waals surface area contributed by atoms with Crippen LogP contribution in [0.5, 0.6) is 11.5 Å². The summed E-state index contributed by atoms with van der Waals surface area (Å²) in [5.74, 6) is -2.47. The van der Waals surface area contributed by atoms with E-state index < -0.39 is 23.4 Å². The number of carbonyl (C=O) groups excluding carboxylic acids is 1. The number of fused-ring (bicyclic) bond motifs is 5. The van der Waals surface area contributed by atoms with Gasteiger partial charge >= 0.3 is 11.9 Å². The third-order valence-corrected chi connectivity index (χ3v) is 8.68. The van der Waals surface area contributed by atoms with Crippen molar-refractivity contribution in [2.45, 2.75) is 26.8 Å². The SMILES string of the molecule is CNCC(=O)Nc1nc2ccccc2c2c1ncn2CC(C)C.O=C(O)c1cc2ccccc2c(Cc2c(O)c(C(=O)O)cc3ccccc23)c1O. The topological polar surface area (TPSA) is 187 Å². The van der Waals surface area contributed by atoms with Crippen molar-refractivity contribution in [1.82, 2.24) is 19.9 Å². The van der Waals surface area contributed by atoms with Crippen LogP contribution in [0.2, 0.25) is 0 Å². The molecule has 0 saturated heterocycles. The van der Waals surface area contributed by atoms with Crippen molar-refractivity contribution in [3.8, 4) is 11.5 Å². The second kappa shape index (κ2) is 14.8. The lowest BCUT2D eigenvalue weighted by Gasteiger charge is -2.16. The number of para-hydroxylation sites is 1. The number of nitrogens with zero attached hydrogens (tertiary/aromatic N) is 3. The highest BCUT2D eigenvalue weighted by atomic mass is 16.4. The van der Waals surface area contributed by atoms with Crippen LogP contribution in [-0.4, -0.2) is 66.4 Å². The molecule has 6 N–H and O–H groups in total. The van der Waals surface area contributed by atoms with Gasteiger partial charge in [0, 0.05) is 29.5 Å². The van der Waals surface area contributed by atoms with Gasteiger partial charge in [-0.25, -0.2) is 19.6 Å². The third-order valence-electron chi connectivity index (χ3n) is 8.68. The van der Waals surface area contributed by atoms with Crippen LogP contribution in [0, 0.1) is 5.92 Å². The van der Waals surface area contributed by atoms with Gasteiger partial charge < -0.3 is 35.6 Å². The largest absolute Gasteiger partial charge is 0.507 e. The van der Waals surface area contributed by atoms with Gasteiger partial charge in [0.1, 0.15) is 28.1 Å². The van der Waals surface area contributed by atoms with E-state index in [4.69, 9.17) is 0 Å². The molecule has 0 aliphatic rings. The molecule has 0 bridgehead atoms. The molecular formula is C40H37N5O7. The first kappa shape index (κ1) is 35.3. The van der Waals surface area contributed by atoms with Crippen LogP contribution in [0.3, 0.4) is 0 Å². The summed E-state index contributed by atoms with van der Waals surface area (Å²) < 4.78 is 2.14. The first-order chi connectivity index (χ1) is 25.0. The smallest absolute Gasteiger partial charge is 0.339 e. The Balaban J connectivity index is 0.000000183. The first-order valence-corrected chi connectivity index (χ1v) is 16.6. The molecule has 5 aromatic carbocycles. The lowest BCUT2D eigenvalue weighted by atomic mass is 9.90. The quantitative estimate of drug-likeness (QED) is 0.0937. The number of aromatic hydroxyl groups is 2. The number of pyridine rings is 1. The Morgan fingerprint density at radius 3 is 1.81 bits per heavy atom. The monoisotopic (exact) mass is 699 g/mol. The number of benzene rings is 5. The average molecular weight is 700 g/mol. The zero-order valence-electron chi connectivity index (χ0n) is 28.7. The fraction of sp³-hybridized carbons (Fsp3) is 0.175. The van der Waals surface area contributed by atoms with Gasteiger partial charge in [0.2, 0.25) is 5.91 Å². The van der Waals surface area contributed by atoms with E-state index in [9.17, 15) is 34.8 Å². The van der Waals surface area contributed by atoms with Crippen molar-refractivity contribution in [3.05, 3.63) is 114 Å². The molecule has 1 amide bonds. The maximum absolute atomic E-state index is 11.9. The number of carbonyl (C=O) groups is 3. The molecule has 2 aromatic heterocycles. The second-order valence-electron chi connectivity index (χ2n) is 12.8. The Kier molecular flexibility index (Phi) is 10.0. The van der Waals surface area contributed by atoms with Gasteiger partial charge in [-0.3, -0.25) is 4.79 Å². The number of hydrogen-bond donors (Lipinski definition) is 6. The molecule has 12 heteroatoms. The van der Waals surface area contributed by atoms with Crippen molar-refractivity contribution >= 4 is 67.1 Å². The van der Waals surface area contributed by atoms with Crippen LogP contribution in [0.1, 0.15) is 45.7 Å². The molecule has 52 heavy (non-hydrogen) atoms. The maximum Gasteiger partial charge on any atom is 0.339 e. The molecule has 264 valence electrons. The van der Waals surface area contributed by atoms with Crippen LogP contribution in [0.25, 0.3) is 43.5 Å². The highest BCUT2D eigenvalue weighted by molar-refractivity contribution is 6.09. The van der Waals surface area contributed by atoms with Gasteiger partial charge in [-0.05, 0) is 52.7 Å². The molecule has 0 saturated carbocycles. The van der Waals surface area contributed by atoms with E-state index >= 15 is 0 Å². The van der Waals surface area contributed by atoms with Gasteiger partial charge in [-0.15, -0.1) is 0 Å². The Morgan fingerprint density at radius 1 is 0.769 bits per heavy atom. The fourth-order valence-corrected chi connectivity index (χ4v) is 6.42. The number of nitrogens with one attached hydrogen (secondary N) is 2. The standard InChI is InChI=1S/C23H16O6.C17H21N5O/c24-20-16(14-7-3-1-5-12(14)9-18(20)22(26)27)11-17-15-8-4-2-6-13(15)10-19(21(17)25)23(28)29;1-11(2)9-22-10-19-15-16(22)12-6-4-5-7-13(12)20-17(15)21-14(23)8-18-3/h1-10,24-25H,11H2,(H,26,27)(H,28,29);4-7,10-11,18H,8-9H2,1-3H3,(H,20,21,23). The lowest BCUT2D eigenvalue weighted by molar-refractivity contribution is -0.115. The summed E-state index contributed by atoms with van der Waals surface area (Å²) in [5, 5.41) is 49.5. The highest BCUT2D eigenvalue weighted by Crippen LogP contribution is 2.39. The van der Waals surface area contributed by atoms with Crippen LogP contribution in [-0.2, 0) is 17.8 Å². The van der Waals surface area contributed by atoms with Crippen LogP contribution >= 0.6 is 0 Å². The van der Waals surface area contributed by atoms with Crippen molar-refractivity contribution in [2.24, 2.45) is 5.92 Å². The van der Waals surface area contributed by atoms with E-state index in [0.29, 0.717) is 44.4 Å². The number of rotatable bonds is 9. The van der Waals surface area contributed by atoms with Crippen LogP contribution < -0.4 is 10.6 Å². The minimum atomic E-state index is -1.28. The predicted molar refractivity (Wildman–Crippen MR) is 200 cm³/mol. The van der Waals surface area contributed by atoms with E-state index in [1.54, 1.807) is 55.6 Å². The summed E-state index contributed by atoms with van der Waals surface area (Å²) in [6.07, 6.45) is 1.79. The molecule has 0 spiro atoms. The number of anilines is 1. The summed E-state index contributed by atoms with van der Waals surface area (Å²) in [7, 11) is 1.74. The molecule has 0 aliphatic carbocycles. The molecule has 0 atom stereocenters. The molecule has 7 rings (SSSR count). The summed E-state index contributed by atoms with van der Waals surface area (Å²) in [5.41, 5.74) is 2.71. The number of phenols is 2. The molecule has 7 aromatic rings.